The SMILES string of the molecule is O=S(=O)(O)c1ccc2c(c1)NCCC2. The Kier molecular flexibility index (Phi) is 2.20. The van der Waals surface area contributed by atoms with E-state index in [0.29, 0.717) is 0 Å². The molecule has 0 saturated heterocycles. The van der Waals surface area contributed by atoms with Crippen molar-refractivity contribution in [1.82, 2.24) is 0 Å². The fourth-order valence-electron chi connectivity index (χ4n) is 1.60. The maximum Gasteiger partial charge on any atom is 0.294 e. The molecular weight excluding hydrogens is 202 g/mol. The summed E-state index contributed by atoms with van der Waals surface area (Å²) >= 11 is 0. The van der Waals surface area contributed by atoms with E-state index in [1.165, 1.54) is 12.1 Å². The zero-order chi connectivity index (χ0) is 10.2. The van der Waals surface area contributed by atoms with Crippen LogP contribution in [0.5, 0.6) is 0 Å². The third-order valence-electron chi connectivity index (χ3n) is 2.32. The predicted octanol–water partition coefficient (Wildman–Crippen LogP) is 1.29. The van der Waals surface area contributed by atoms with Gasteiger partial charge in [-0.25, -0.2) is 0 Å². The summed E-state index contributed by atoms with van der Waals surface area (Å²) in [7, 11) is -4.08. The van der Waals surface area contributed by atoms with Crippen LogP contribution < -0.4 is 5.32 Å². The Morgan fingerprint density at radius 3 is 2.86 bits per heavy atom. The Hall–Kier alpha value is -1.07. The molecule has 0 amide bonds. The Morgan fingerprint density at radius 1 is 1.36 bits per heavy atom. The first-order valence-corrected chi connectivity index (χ1v) is 5.86. The van der Waals surface area contributed by atoms with Crippen LogP contribution >= 0.6 is 0 Å². The van der Waals surface area contributed by atoms with Crippen molar-refractivity contribution in [3.05, 3.63) is 23.8 Å². The molecule has 0 fully saturated rings. The third kappa shape index (κ3) is 1.73. The monoisotopic (exact) mass is 213 g/mol. The fraction of sp³-hybridized carbons (Fsp3) is 0.333. The first-order valence-electron chi connectivity index (χ1n) is 4.42. The molecule has 0 spiro atoms. The summed E-state index contributed by atoms with van der Waals surface area (Å²) in [5, 5.41) is 3.10. The lowest BCUT2D eigenvalue weighted by atomic mass is 10.0. The summed E-state index contributed by atoms with van der Waals surface area (Å²) in [4.78, 5) is -0.0503. The number of hydrogen-bond donors (Lipinski definition) is 2. The molecule has 0 radical (unpaired) electrons. The van der Waals surface area contributed by atoms with Crippen molar-refractivity contribution in [3.8, 4) is 0 Å². The first-order chi connectivity index (χ1) is 6.57. The second-order valence-electron chi connectivity index (χ2n) is 3.32. The highest BCUT2D eigenvalue weighted by Gasteiger charge is 2.14. The lowest BCUT2D eigenvalue weighted by Gasteiger charge is -2.17. The van der Waals surface area contributed by atoms with Gasteiger partial charge in [0.05, 0.1) is 4.90 Å². The van der Waals surface area contributed by atoms with Gasteiger partial charge in [0, 0.05) is 12.2 Å². The van der Waals surface area contributed by atoms with E-state index in [0.717, 1.165) is 30.6 Å². The Balaban J connectivity index is 2.49. The molecule has 0 aromatic heterocycles. The van der Waals surface area contributed by atoms with Gasteiger partial charge in [-0.2, -0.15) is 8.42 Å². The molecule has 4 nitrogen and oxygen atoms in total. The van der Waals surface area contributed by atoms with Crippen molar-refractivity contribution >= 4 is 15.8 Å². The molecule has 1 aromatic rings. The molecule has 2 rings (SSSR count). The number of nitrogens with one attached hydrogen (secondary N) is 1. The number of aryl methyl sites for hydroxylation is 1. The number of benzene rings is 1. The van der Waals surface area contributed by atoms with Crippen LogP contribution in [-0.2, 0) is 16.5 Å². The predicted molar refractivity (Wildman–Crippen MR) is 53.1 cm³/mol. The minimum atomic E-state index is -4.08. The van der Waals surface area contributed by atoms with Crippen LogP contribution in [-0.4, -0.2) is 19.5 Å². The topological polar surface area (TPSA) is 66.4 Å². The summed E-state index contributed by atoms with van der Waals surface area (Å²) in [6.45, 7) is 0.849. The molecule has 2 N–H and O–H groups in total. The molecule has 0 bridgehead atoms. The Labute approximate surface area is 82.7 Å². The average Bonchev–Trinajstić information content (AvgIpc) is 2.16. The van der Waals surface area contributed by atoms with Crippen LogP contribution in [0.25, 0.3) is 0 Å². The van der Waals surface area contributed by atoms with Crippen molar-refractivity contribution in [2.75, 3.05) is 11.9 Å². The largest absolute Gasteiger partial charge is 0.385 e. The van der Waals surface area contributed by atoms with Crippen molar-refractivity contribution < 1.29 is 13.0 Å². The van der Waals surface area contributed by atoms with Gasteiger partial charge in [-0.1, -0.05) is 6.07 Å². The van der Waals surface area contributed by atoms with Gasteiger partial charge in [0.25, 0.3) is 10.1 Å². The second-order valence-corrected chi connectivity index (χ2v) is 4.75. The summed E-state index contributed by atoms with van der Waals surface area (Å²) in [6, 6.07) is 4.65. The van der Waals surface area contributed by atoms with Crippen LogP contribution in [0.4, 0.5) is 5.69 Å². The Bertz CT molecular complexity index is 453. The highest BCUT2D eigenvalue weighted by molar-refractivity contribution is 7.85. The minimum Gasteiger partial charge on any atom is -0.385 e. The highest BCUT2D eigenvalue weighted by atomic mass is 32.2. The molecule has 76 valence electrons. The highest BCUT2D eigenvalue weighted by Crippen LogP contribution is 2.24. The maximum absolute atomic E-state index is 10.8. The van der Waals surface area contributed by atoms with Gasteiger partial charge in [-0.3, -0.25) is 4.55 Å². The normalized spacial score (nSPS) is 15.8. The van der Waals surface area contributed by atoms with Gasteiger partial charge in [0.2, 0.25) is 0 Å². The van der Waals surface area contributed by atoms with E-state index in [1.807, 2.05) is 0 Å². The molecule has 5 heteroatoms. The average molecular weight is 213 g/mol. The zero-order valence-corrected chi connectivity index (χ0v) is 8.34. The smallest absolute Gasteiger partial charge is 0.294 e. The second kappa shape index (κ2) is 3.25. The van der Waals surface area contributed by atoms with Gasteiger partial charge in [-0.15, -0.1) is 0 Å². The molecule has 14 heavy (non-hydrogen) atoms. The molecule has 1 aliphatic rings. The fourth-order valence-corrected chi connectivity index (χ4v) is 2.11. The molecule has 1 heterocycles. The van der Waals surface area contributed by atoms with Crippen LogP contribution in [0.15, 0.2) is 23.1 Å². The quantitative estimate of drug-likeness (QED) is 0.690. The zero-order valence-electron chi connectivity index (χ0n) is 7.53. The van der Waals surface area contributed by atoms with Crippen LogP contribution in [0, 0.1) is 0 Å². The Morgan fingerprint density at radius 2 is 2.14 bits per heavy atom. The van der Waals surface area contributed by atoms with Crippen molar-refractivity contribution in [3.63, 3.8) is 0 Å². The van der Waals surface area contributed by atoms with E-state index in [-0.39, 0.29) is 4.90 Å². The van der Waals surface area contributed by atoms with E-state index in [9.17, 15) is 8.42 Å². The van der Waals surface area contributed by atoms with Crippen LogP contribution in [0.1, 0.15) is 12.0 Å². The van der Waals surface area contributed by atoms with E-state index in [2.05, 4.69) is 5.32 Å². The maximum atomic E-state index is 10.8. The van der Waals surface area contributed by atoms with Gasteiger partial charge < -0.3 is 5.32 Å². The minimum absolute atomic E-state index is 0.0503. The van der Waals surface area contributed by atoms with E-state index < -0.39 is 10.1 Å². The molecule has 0 saturated carbocycles. The summed E-state index contributed by atoms with van der Waals surface area (Å²) in [5.74, 6) is 0. The molecule has 1 aliphatic heterocycles. The first kappa shape index (κ1) is 9.48. The van der Waals surface area contributed by atoms with Gasteiger partial charge in [-0.05, 0) is 30.5 Å². The molecule has 0 atom stereocenters. The molecular formula is C9H11NO3S. The molecule has 0 aliphatic carbocycles. The van der Waals surface area contributed by atoms with Crippen molar-refractivity contribution in [1.29, 1.82) is 0 Å². The van der Waals surface area contributed by atoms with E-state index in [4.69, 9.17) is 4.55 Å². The van der Waals surface area contributed by atoms with Gasteiger partial charge in [0.1, 0.15) is 0 Å². The van der Waals surface area contributed by atoms with Crippen molar-refractivity contribution in [2.45, 2.75) is 17.7 Å². The summed E-state index contributed by atoms with van der Waals surface area (Å²) in [6.07, 6.45) is 2.01. The standard InChI is InChI=1S/C9H11NO3S/c11-14(12,13)8-4-3-7-2-1-5-10-9(7)6-8/h3-4,6,10H,1-2,5H2,(H,11,12,13). The van der Waals surface area contributed by atoms with Gasteiger partial charge >= 0.3 is 0 Å². The molecule has 1 aromatic carbocycles. The van der Waals surface area contributed by atoms with Crippen molar-refractivity contribution in [2.24, 2.45) is 0 Å². The van der Waals surface area contributed by atoms with E-state index >= 15 is 0 Å². The van der Waals surface area contributed by atoms with Crippen LogP contribution in [0.3, 0.4) is 0 Å². The number of fused-ring (bicyclic) bond motifs is 1. The lowest BCUT2D eigenvalue weighted by Crippen LogP contribution is -2.12. The third-order valence-corrected chi connectivity index (χ3v) is 3.17. The van der Waals surface area contributed by atoms with Crippen LogP contribution in [0.2, 0.25) is 0 Å². The van der Waals surface area contributed by atoms with Gasteiger partial charge in [0.15, 0.2) is 0 Å². The summed E-state index contributed by atoms with van der Waals surface area (Å²) in [5.41, 5.74) is 1.91. The number of hydrogen-bond acceptors (Lipinski definition) is 3. The van der Waals surface area contributed by atoms with E-state index in [1.54, 1.807) is 6.07 Å². The number of rotatable bonds is 1. The molecule has 0 unspecified atom stereocenters. The lowest BCUT2D eigenvalue weighted by molar-refractivity contribution is 0.483. The summed E-state index contributed by atoms with van der Waals surface area (Å²) < 4.78 is 30.5. The number of anilines is 1.